The standard InChI is InChI=1S/C29H21N5O3S/c35-28(30-14-18-5-9-21(10-6-18)29(36)37)25-13-23(24-15-31-38-17-24)16-34-27(25)26(32-33-34)12-19-7-8-20-3-1-2-4-22(20)11-19/h1-11,13,15-17H,12,14H2,(H,30,35)(H,36,37). The molecular weight excluding hydrogens is 498 g/mol. The summed E-state index contributed by atoms with van der Waals surface area (Å²) in [7, 11) is 0. The van der Waals surface area contributed by atoms with Crippen molar-refractivity contribution < 1.29 is 14.7 Å². The maximum absolute atomic E-state index is 13.5. The van der Waals surface area contributed by atoms with Crippen molar-refractivity contribution in [3.63, 3.8) is 0 Å². The Morgan fingerprint density at radius 2 is 1.71 bits per heavy atom. The Balaban J connectivity index is 1.35. The molecule has 2 N–H and O–H groups in total. The zero-order valence-corrected chi connectivity index (χ0v) is 20.9. The number of hydrogen-bond donors (Lipinski definition) is 2. The van der Waals surface area contributed by atoms with Crippen LogP contribution in [0.4, 0.5) is 0 Å². The Hall–Kier alpha value is -4.89. The molecule has 9 heteroatoms. The van der Waals surface area contributed by atoms with Crippen molar-refractivity contribution >= 4 is 39.7 Å². The summed E-state index contributed by atoms with van der Waals surface area (Å²) in [6.07, 6.45) is 4.13. The molecule has 0 spiro atoms. The predicted molar refractivity (Wildman–Crippen MR) is 145 cm³/mol. The van der Waals surface area contributed by atoms with Crippen LogP contribution in [0.1, 0.15) is 37.5 Å². The van der Waals surface area contributed by atoms with Crippen molar-refractivity contribution in [2.24, 2.45) is 0 Å². The second-order valence-electron chi connectivity index (χ2n) is 8.93. The largest absolute Gasteiger partial charge is 0.478 e. The van der Waals surface area contributed by atoms with Gasteiger partial charge in [-0.2, -0.15) is 0 Å². The minimum Gasteiger partial charge on any atom is -0.478 e. The fourth-order valence-electron chi connectivity index (χ4n) is 4.47. The van der Waals surface area contributed by atoms with Crippen molar-refractivity contribution in [1.82, 2.24) is 24.5 Å². The van der Waals surface area contributed by atoms with Crippen LogP contribution >= 0.6 is 11.5 Å². The molecule has 38 heavy (non-hydrogen) atoms. The second-order valence-corrected chi connectivity index (χ2v) is 9.59. The number of carboxylic acid groups (broad SMARTS) is 1. The maximum atomic E-state index is 13.5. The molecule has 0 aliphatic carbocycles. The van der Waals surface area contributed by atoms with Crippen LogP contribution in [-0.4, -0.2) is 36.2 Å². The molecule has 6 aromatic rings. The highest BCUT2D eigenvalue weighted by Gasteiger charge is 2.19. The van der Waals surface area contributed by atoms with Gasteiger partial charge >= 0.3 is 5.97 Å². The van der Waals surface area contributed by atoms with Crippen LogP contribution in [0.2, 0.25) is 0 Å². The maximum Gasteiger partial charge on any atom is 0.335 e. The van der Waals surface area contributed by atoms with Crippen molar-refractivity contribution in [2.45, 2.75) is 13.0 Å². The molecule has 0 saturated carbocycles. The third-order valence-electron chi connectivity index (χ3n) is 6.43. The quantitative estimate of drug-likeness (QED) is 0.299. The van der Waals surface area contributed by atoms with Gasteiger partial charge in [-0.3, -0.25) is 4.79 Å². The first-order chi connectivity index (χ1) is 18.5. The molecule has 0 bridgehead atoms. The third-order valence-corrected chi connectivity index (χ3v) is 7.02. The van der Waals surface area contributed by atoms with Gasteiger partial charge in [-0.1, -0.05) is 59.8 Å². The summed E-state index contributed by atoms with van der Waals surface area (Å²) in [5, 5.41) is 25.1. The molecule has 6 rings (SSSR count). The number of rotatable bonds is 7. The van der Waals surface area contributed by atoms with Crippen LogP contribution in [0.5, 0.6) is 0 Å². The highest BCUT2D eigenvalue weighted by molar-refractivity contribution is 7.03. The van der Waals surface area contributed by atoms with Gasteiger partial charge in [0.2, 0.25) is 0 Å². The van der Waals surface area contributed by atoms with E-state index in [9.17, 15) is 9.59 Å². The average Bonchev–Trinajstić information content (AvgIpc) is 3.62. The van der Waals surface area contributed by atoms with E-state index in [1.807, 2.05) is 29.8 Å². The van der Waals surface area contributed by atoms with Crippen LogP contribution in [0.15, 0.2) is 90.6 Å². The Morgan fingerprint density at radius 3 is 2.47 bits per heavy atom. The van der Waals surface area contributed by atoms with Crippen molar-refractivity contribution in [3.8, 4) is 11.1 Å². The summed E-state index contributed by atoms with van der Waals surface area (Å²) in [6, 6.07) is 22.7. The summed E-state index contributed by atoms with van der Waals surface area (Å²) in [6.45, 7) is 0.247. The highest BCUT2D eigenvalue weighted by atomic mass is 32.1. The number of amides is 1. The highest BCUT2D eigenvalue weighted by Crippen LogP contribution is 2.27. The fraction of sp³-hybridized carbons (Fsp3) is 0.0690. The monoisotopic (exact) mass is 519 g/mol. The van der Waals surface area contributed by atoms with E-state index < -0.39 is 5.97 Å². The minimum absolute atomic E-state index is 0.197. The van der Waals surface area contributed by atoms with Crippen LogP contribution in [0, 0.1) is 0 Å². The van der Waals surface area contributed by atoms with Crippen LogP contribution in [0.3, 0.4) is 0 Å². The lowest BCUT2D eigenvalue weighted by Gasteiger charge is -2.10. The minimum atomic E-state index is -0.991. The first-order valence-electron chi connectivity index (χ1n) is 11.9. The first kappa shape index (κ1) is 23.5. The molecule has 0 saturated heterocycles. The summed E-state index contributed by atoms with van der Waals surface area (Å²) in [5.74, 6) is -1.26. The van der Waals surface area contributed by atoms with Crippen LogP contribution in [-0.2, 0) is 13.0 Å². The van der Waals surface area contributed by atoms with Gasteiger partial charge < -0.3 is 10.4 Å². The molecule has 0 radical (unpaired) electrons. The van der Waals surface area contributed by atoms with Gasteiger partial charge in [-0.05, 0) is 51.6 Å². The molecule has 0 atom stereocenters. The van der Waals surface area contributed by atoms with E-state index in [1.54, 1.807) is 22.8 Å². The summed E-state index contributed by atoms with van der Waals surface area (Å²) in [4.78, 5) is 24.7. The van der Waals surface area contributed by atoms with E-state index in [0.717, 1.165) is 33.0 Å². The normalized spacial score (nSPS) is 11.2. The number of carbonyl (C=O) groups is 2. The Bertz CT molecular complexity index is 1790. The lowest BCUT2D eigenvalue weighted by Crippen LogP contribution is -2.24. The van der Waals surface area contributed by atoms with E-state index in [0.29, 0.717) is 23.2 Å². The van der Waals surface area contributed by atoms with E-state index in [4.69, 9.17) is 5.11 Å². The molecule has 1 amide bonds. The van der Waals surface area contributed by atoms with Crippen molar-refractivity contribution in [1.29, 1.82) is 0 Å². The van der Waals surface area contributed by atoms with Gasteiger partial charge in [-0.25, -0.2) is 13.7 Å². The lowest BCUT2D eigenvalue weighted by molar-refractivity contribution is 0.0696. The number of pyridine rings is 1. The summed E-state index contributed by atoms with van der Waals surface area (Å²) < 4.78 is 5.84. The number of carbonyl (C=O) groups excluding carboxylic acids is 1. The number of benzene rings is 3. The number of aromatic carboxylic acids is 1. The molecule has 0 aliphatic heterocycles. The number of fused-ring (bicyclic) bond motifs is 2. The van der Waals surface area contributed by atoms with Crippen molar-refractivity contribution in [2.75, 3.05) is 0 Å². The van der Waals surface area contributed by atoms with Crippen LogP contribution < -0.4 is 5.32 Å². The van der Waals surface area contributed by atoms with E-state index in [1.165, 1.54) is 23.7 Å². The van der Waals surface area contributed by atoms with E-state index >= 15 is 0 Å². The molecule has 3 aromatic heterocycles. The topological polar surface area (TPSA) is 109 Å². The lowest BCUT2D eigenvalue weighted by atomic mass is 10.0. The third kappa shape index (κ3) is 4.62. The molecule has 3 heterocycles. The van der Waals surface area contributed by atoms with Crippen LogP contribution in [0.25, 0.3) is 27.4 Å². The van der Waals surface area contributed by atoms with Gasteiger partial charge in [-0.15, -0.1) is 5.10 Å². The summed E-state index contributed by atoms with van der Waals surface area (Å²) >= 11 is 1.33. The predicted octanol–water partition coefficient (Wildman–Crippen LogP) is 5.23. The summed E-state index contributed by atoms with van der Waals surface area (Å²) in [5.41, 5.74) is 5.56. The molecular formula is C29H21N5O3S. The average molecular weight is 520 g/mol. The fourth-order valence-corrected chi connectivity index (χ4v) is 5.02. The van der Waals surface area contributed by atoms with Crippen molar-refractivity contribution in [3.05, 3.63) is 119 Å². The second kappa shape index (κ2) is 9.87. The van der Waals surface area contributed by atoms with E-state index in [2.05, 4.69) is 50.3 Å². The molecule has 0 unspecified atom stereocenters. The van der Waals surface area contributed by atoms with Gasteiger partial charge in [0, 0.05) is 41.9 Å². The smallest absolute Gasteiger partial charge is 0.335 e. The molecule has 0 aliphatic rings. The van der Waals surface area contributed by atoms with E-state index in [-0.39, 0.29) is 18.0 Å². The van der Waals surface area contributed by atoms with Gasteiger partial charge in [0.25, 0.3) is 5.91 Å². The zero-order chi connectivity index (χ0) is 26.1. The molecule has 8 nitrogen and oxygen atoms in total. The number of aromatic nitrogens is 4. The van der Waals surface area contributed by atoms with Gasteiger partial charge in [0.05, 0.1) is 16.8 Å². The SMILES string of the molecule is O=C(O)c1ccc(CNC(=O)c2cc(-c3cnsc3)cn3nnc(Cc4ccc5ccccc5c4)c23)cc1. The molecule has 186 valence electrons. The Kier molecular flexibility index (Phi) is 6.11. The number of carboxylic acids is 1. The Labute approximate surface area is 221 Å². The zero-order valence-electron chi connectivity index (χ0n) is 20.0. The Morgan fingerprint density at radius 1 is 0.921 bits per heavy atom. The first-order valence-corrected chi connectivity index (χ1v) is 12.7. The van der Waals surface area contributed by atoms with Gasteiger partial charge in [0.15, 0.2) is 0 Å². The molecule has 3 aromatic carbocycles. The number of nitrogens with one attached hydrogen (secondary N) is 1. The van der Waals surface area contributed by atoms with Gasteiger partial charge in [0.1, 0.15) is 5.52 Å². The number of nitrogens with zero attached hydrogens (tertiary/aromatic N) is 4. The number of hydrogen-bond acceptors (Lipinski definition) is 6. The molecule has 0 fully saturated rings.